The van der Waals surface area contributed by atoms with Crippen LogP contribution in [0.2, 0.25) is 0 Å². The van der Waals surface area contributed by atoms with E-state index in [9.17, 15) is 9.90 Å². The number of thiazole rings is 1. The Morgan fingerprint density at radius 3 is 2.89 bits per heavy atom. The molecule has 0 spiro atoms. The van der Waals surface area contributed by atoms with Crippen molar-refractivity contribution in [3.63, 3.8) is 0 Å². The lowest BCUT2D eigenvalue weighted by Gasteiger charge is -2.09. The van der Waals surface area contributed by atoms with Gasteiger partial charge in [-0.15, -0.1) is 0 Å². The number of fused-ring (bicyclic) bond motifs is 1. The first-order valence-electron chi connectivity index (χ1n) is 7.74. The number of carbonyl (C=O) groups is 1. The van der Waals surface area contributed by atoms with Gasteiger partial charge in [0, 0.05) is 21.8 Å². The summed E-state index contributed by atoms with van der Waals surface area (Å²) in [5, 5.41) is 13.1. The Morgan fingerprint density at radius 1 is 1.19 bits per heavy atom. The predicted octanol–water partition coefficient (Wildman–Crippen LogP) is 5.44. The Morgan fingerprint density at radius 2 is 2.07 bits per heavy atom. The van der Waals surface area contributed by atoms with Gasteiger partial charge in [0.25, 0.3) is 0 Å². The molecule has 0 aliphatic heterocycles. The van der Waals surface area contributed by atoms with E-state index < -0.39 is 5.97 Å². The Balaban J connectivity index is 1.66. The van der Waals surface area contributed by atoms with Crippen molar-refractivity contribution >= 4 is 66.3 Å². The number of carboxylic acid groups (broad SMARTS) is 1. The summed E-state index contributed by atoms with van der Waals surface area (Å²) in [4.78, 5) is 27.0. The van der Waals surface area contributed by atoms with E-state index in [2.05, 4.69) is 36.2 Å². The van der Waals surface area contributed by atoms with Gasteiger partial charge < -0.3 is 10.4 Å². The first kappa shape index (κ1) is 17.9. The van der Waals surface area contributed by atoms with Crippen molar-refractivity contribution < 1.29 is 9.90 Å². The standard InChI is InChI=1S/C18H11BrN4O2S2/c19-11-8-14(26-12-4-1-3-10(7-12)17(24)25)15(21-9-11)23-18-22-13-5-2-6-20-16(13)27-18/h1-9H,(H,24,25)(H,21,22,23). The molecule has 0 saturated heterocycles. The number of anilines is 2. The summed E-state index contributed by atoms with van der Waals surface area (Å²) in [6.45, 7) is 0. The average molecular weight is 459 g/mol. The highest BCUT2D eigenvalue weighted by Gasteiger charge is 2.12. The van der Waals surface area contributed by atoms with E-state index in [1.807, 2.05) is 24.3 Å². The maximum atomic E-state index is 11.2. The molecule has 6 nitrogen and oxygen atoms in total. The van der Waals surface area contributed by atoms with E-state index in [1.54, 1.807) is 30.6 Å². The highest BCUT2D eigenvalue weighted by atomic mass is 79.9. The van der Waals surface area contributed by atoms with Crippen LogP contribution in [-0.4, -0.2) is 26.0 Å². The molecule has 0 aliphatic rings. The number of aromatic carboxylic acids is 1. The summed E-state index contributed by atoms with van der Waals surface area (Å²) in [7, 11) is 0. The monoisotopic (exact) mass is 458 g/mol. The van der Waals surface area contributed by atoms with E-state index in [0.717, 1.165) is 24.6 Å². The third-order valence-corrected chi connectivity index (χ3v) is 5.87. The van der Waals surface area contributed by atoms with Crippen molar-refractivity contribution in [2.45, 2.75) is 9.79 Å². The van der Waals surface area contributed by atoms with Crippen LogP contribution in [0, 0.1) is 0 Å². The second-order valence-corrected chi connectivity index (χ2v) is 8.42. The van der Waals surface area contributed by atoms with Gasteiger partial charge in [-0.25, -0.2) is 19.7 Å². The van der Waals surface area contributed by atoms with E-state index in [4.69, 9.17) is 0 Å². The maximum absolute atomic E-state index is 11.2. The molecule has 0 bridgehead atoms. The molecule has 2 N–H and O–H groups in total. The number of aromatic nitrogens is 3. The molecule has 3 aromatic heterocycles. The van der Waals surface area contributed by atoms with E-state index in [-0.39, 0.29) is 5.56 Å². The van der Waals surface area contributed by atoms with Gasteiger partial charge in [-0.05, 0) is 52.3 Å². The normalized spacial score (nSPS) is 10.9. The van der Waals surface area contributed by atoms with Crippen molar-refractivity contribution in [3.8, 4) is 0 Å². The summed E-state index contributed by atoms with van der Waals surface area (Å²) < 4.78 is 0.830. The number of nitrogens with one attached hydrogen (secondary N) is 1. The summed E-state index contributed by atoms with van der Waals surface area (Å²) in [6, 6.07) is 12.5. The number of rotatable bonds is 5. The van der Waals surface area contributed by atoms with Gasteiger partial charge in [0.05, 0.1) is 10.5 Å². The number of hydrogen-bond donors (Lipinski definition) is 2. The fourth-order valence-electron chi connectivity index (χ4n) is 2.34. The lowest BCUT2D eigenvalue weighted by Crippen LogP contribution is -1.97. The molecular weight excluding hydrogens is 448 g/mol. The molecule has 0 radical (unpaired) electrons. The predicted molar refractivity (Wildman–Crippen MR) is 110 cm³/mol. The SMILES string of the molecule is O=C(O)c1cccc(Sc2cc(Br)cnc2Nc2nc3cccnc3s2)c1. The quantitative estimate of drug-likeness (QED) is 0.411. The molecule has 27 heavy (non-hydrogen) atoms. The summed E-state index contributed by atoms with van der Waals surface area (Å²) >= 11 is 6.31. The molecule has 0 aliphatic carbocycles. The Bertz CT molecular complexity index is 1120. The number of benzene rings is 1. The average Bonchev–Trinajstić information content (AvgIpc) is 3.06. The van der Waals surface area contributed by atoms with Crippen LogP contribution < -0.4 is 5.32 Å². The van der Waals surface area contributed by atoms with Crippen molar-refractivity contribution in [2.24, 2.45) is 0 Å². The lowest BCUT2D eigenvalue weighted by atomic mass is 10.2. The lowest BCUT2D eigenvalue weighted by molar-refractivity contribution is 0.0696. The zero-order chi connectivity index (χ0) is 18.8. The van der Waals surface area contributed by atoms with Gasteiger partial charge in [0.15, 0.2) is 5.13 Å². The van der Waals surface area contributed by atoms with Gasteiger partial charge >= 0.3 is 5.97 Å². The molecule has 134 valence electrons. The fourth-order valence-corrected chi connectivity index (χ4v) is 4.60. The fraction of sp³-hybridized carbons (Fsp3) is 0. The molecule has 3 heterocycles. The number of nitrogens with zero attached hydrogens (tertiary/aromatic N) is 3. The Kier molecular flexibility index (Phi) is 5.06. The highest BCUT2D eigenvalue weighted by Crippen LogP contribution is 2.36. The Labute approximate surface area is 170 Å². The van der Waals surface area contributed by atoms with E-state index in [0.29, 0.717) is 10.9 Å². The second kappa shape index (κ2) is 7.63. The molecule has 0 fully saturated rings. The smallest absolute Gasteiger partial charge is 0.335 e. The topological polar surface area (TPSA) is 88.0 Å². The van der Waals surface area contributed by atoms with Crippen LogP contribution in [0.4, 0.5) is 10.9 Å². The van der Waals surface area contributed by atoms with E-state index in [1.165, 1.54) is 23.1 Å². The van der Waals surface area contributed by atoms with E-state index >= 15 is 0 Å². The summed E-state index contributed by atoms with van der Waals surface area (Å²) in [6.07, 6.45) is 3.44. The molecule has 0 saturated carbocycles. The first-order valence-corrected chi connectivity index (χ1v) is 10.2. The first-order chi connectivity index (χ1) is 13.1. The third-order valence-electron chi connectivity index (χ3n) is 3.52. The Hall–Kier alpha value is -2.49. The van der Waals surface area contributed by atoms with Crippen LogP contribution in [0.15, 0.2) is 69.1 Å². The second-order valence-electron chi connectivity index (χ2n) is 5.41. The molecule has 4 aromatic rings. The van der Waals surface area contributed by atoms with Gasteiger partial charge in [-0.2, -0.15) is 0 Å². The zero-order valence-electron chi connectivity index (χ0n) is 13.6. The van der Waals surface area contributed by atoms with Gasteiger partial charge in [0.2, 0.25) is 0 Å². The molecule has 0 amide bonds. The number of carboxylic acids is 1. The van der Waals surface area contributed by atoms with Crippen molar-refractivity contribution in [3.05, 3.63) is 64.9 Å². The summed E-state index contributed by atoms with van der Waals surface area (Å²) in [5.41, 5.74) is 1.07. The molecule has 9 heteroatoms. The molecular formula is C18H11BrN4O2S2. The van der Waals surface area contributed by atoms with Gasteiger partial charge in [-0.3, -0.25) is 0 Å². The van der Waals surface area contributed by atoms with Crippen molar-refractivity contribution in [2.75, 3.05) is 5.32 Å². The number of halogens is 1. The molecule has 4 rings (SSSR count). The van der Waals surface area contributed by atoms with Crippen LogP contribution >= 0.6 is 39.0 Å². The van der Waals surface area contributed by atoms with Crippen molar-refractivity contribution in [1.29, 1.82) is 0 Å². The van der Waals surface area contributed by atoms with Crippen LogP contribution in [0.5, 0.6) is 0 Å². The van der Waals surface area contributed by atoms with Crippen molar-refractivity contribution in [1.82, 2.24) is 15.0 Å². The van der Waals surface area contributed by atoms with Crippen LogP contribution in [0.25, 0.3) is 10.3 Å². The maximum Gasteiger partial charge on any atom is 0.335 e. The van der Waals surface area contributed by atoms with Crippen LogP contribution in [-0.2, 0) is 0 Å². The third kappa shape index (κ3) is 4.10. The number of pyridine rings is 2. The van der Waals surface area contributed by atoms with Gasteiger partial charge in [-0.1, -0.05) is 29.2 Å². The molecule has 0 unspecified atom stereocenters. The minimum atomic E-state index is -0.954. The minimum Gasteiger partial charge on any atom is -0.478 e. The van der Waals surface area contributed by atoms with Crippen LogP contribution in [0.3, 0.4) is 0 Å². The van der Waals surface area contributed by atoms with Crippen LogP contribution in [0.1, 0.15) is 10.4 Å². The zero-order valence-corrected chi connectivity index (χ0v) is 16.8. The highest BCUT2D eigenvalue weighted by molar-refractivity contribution is 9.10. The van der Waals surface area contributed by atoms with Gasteiger partial charge in [0.1, 0.15) is 16.2 Å². The molecule has 1 aromatic carbocycles. The summed E-state index contributed by atoms with van der Waals surface area (Å²) in [5.74, 6) is -0.312. The minimum absolute atomic E-state index is 0.245. The molecule has 0 atom stereocenters. The number of hydrogen-bond acceptors (Lipinski definition) is 7. The largest absolute Gasteiger partial charge is 0.478 e.